The predicted molar refractivity (Wildman–Crippen MR) is 81.8 cm³/mol. The van der Waals surface area contributed by atoms with E-state index >= 15 is 0 Å². The van der Waals surface area contributed by atoms with E-state index in [-0.39, 0.29) is 38.1 Å². The van der Waals surface area contributed by atoms with Gasteiger partial charge in [0.25, 0.3) is 0 Å². The molecule has 2 N–H and O–H groups in total. The molecule has 0 spiro atoms. The number of aliphatic hydroxyl groups is 1. The molecule has 7 heteroatoms. The first-order valence-electron chi connectivity index (χ1n) is 8.13. The molecule has 1 atom stereocenters. The molecule has 2 heterocycles. The molecule has 0 aromatic carbocycles. The Labute approximate surface area is 134 Å². The van der Waals surface area contributed by atoms with Crippen molar-refractivity contribution in [2.75, 3.05) is 25.1 Å². The molecule has 2 fully saturated rings. The van der Waals surface area contributed by atoms with Gasteiger partial charge in [-0.15, -0.1) is 0 Å². The first-order valence-corrected chi connectivity index (χ1v) is 8.13. The predicted octanol–water partition coefficient (Wildman–Crippen LogP) is 2.64. The zero-order valence-corrected chi connectivity index (χ0v) is 13.3. The highest BCUT2D eigenvalue weighted by Gasteiger charge is 2.42. The van der Waals surface area contributed by atoms with Crippen LogP contribution in [-0.2, 0) is 4.74 Å². The molecular formula is C16H23F2N3O2. The number of ether oxygens (including phenoxy) is 1. The van der Waals surface area contributed by atoms with Crippen molar-refractivity contribution in [2.24, 2.45) is 0 Å². The second-order valence-electron chi connectivity index (χ2n) is 6.72. The van der Waals surface area contributed by atoms with E-state index in [1.54, 1.807) is 0 Å². The molecule has 1 saturated heterocycles. The number of nitrogens with zero attached hydrogens (tertiary/aromatic N) is 2. The summed E-state index contributed by atoms with van der Waals surface area (Å²) in [5, 5.41) is 13.6. The van der Waals surface area contributed by atoms with Gasteiger partial charge in [-0.25, -0.2) is 18.7 Å². The van der Waals surface area contributed by atoms with E-state index in [2.05, 4.69) is 15.3 Å². The molecule has 0 unspecified atom stereocenters. The van der Waals surface area contributed by atoms with E-state index in [4.69, 9.17) is 4.74 Å². The number of hydrogen-bond donors (Lipinski definition) is 2. The lowest BCUT2D eigenvalue weighted by molar-refractivity contribution is -0.0978. The summed E-state index contributed by atoms with van der Waals surface area (Å²) < 4.78 is 31.8. The Balaban J connectivity index is 1.64. The molecule has 128 valence electrons. The number of aromatic nitrogens is 2. The van der Waals surface area contributed by atoms with Gasteiger partial charge in [-0.05, 0) is 26.2 Å². The van der Waals surface area contributed by atoms with Crippen molar-refractivity contribution in [3.63, 3.8) is 0 Å². The summed E-state index contributed by atoms with van der Waals surface area (Å²) in [7, 11) is 0. The van der Waals surface area contributed by atoms with Gasteiger partial charge >= 0.3 is 0 Å². The molecule has 0 amide bonds. The van der Waals surface area contributed by atoms with Crippen molar-refractivity contribution < 1.29 is 18.6 Å². The summed E-state index contributed by atoms with van der Waals surface area (Å²) in [6, 6.07) is 1.87. The second-order valence-corrected chi connectivity index (χ2v) is 6.72. The zero-order chi connectivity index (χ0) is 16.5. The van der Waals surface area contributed by atoms with Gasteiger partial charge in [0.15, 0.2) is 0 Å². The van der Waals surface area contributed by atoms with E-state index in [9.17, 15) is 13.9 Å². The minimum absolute atomic E-state index is 0.0976. The highest BCUT2D eigenvalue weighted by molar-refractivity contribution is 5.37. The molecule has 0 radical (unpaired) electrons. The zero-order valence-electron chi connectivity index (χ0n) is 13.3. The average molecular weight is 327 g/mol. The van der Waals surface area contributed by atoms with Gasteiger partial charge < -0.3 is 15.2 Å². The molecule has 1 saturated carbocycles. The van der Waals surface area contributed by atoms with Gasteiger partial charge in [0.1, 0.15) is 11.6 Å². The summed E-state index contributed by atoms with van der Waals surface area (Å²) in [6.45, 7) is 3.44. The maximum Gasteiger partial charge on any atom is 0.248 e. The van der Waals surface area contributed by atoms with Crippen molar-refractivity contribution in [3.8, 4) is 0 Å². The molecule has 1 aliphatic heterocycles. The fourth-order valence-corrected chi connectivity index (χ4v) is 3.17. The second kappa shape index (κ2) is 6.28. The van der Waals surface area contributed by atoms with Gasteiger partial charge in [-0.1, -0.05) is 0 Å². The number of aryl methyl sites for hydroxylation is 1. The Morgan fingerprint density at radius 2 is 2.04 bits per heavy atom. The molecule has 3 rings (SSSR count). The molecule has 0 bridgehead atoms. The van der Waals surface area contributed by atoms with Gasteiger partial charge in [0, 0.05) is 38.0 Å². The summed E-state index contributed by atoms with van der Waals surface area (Å²) in [4.78, 5) is 8.78. The topological polar surface area (TPSA) is 67.3 Å². The van der Waals surface area contributed by atoms with E-state index in [1.807, 2.05) is 13.0 Å². The lowest BCUT2D eigenvalue weighted by Gasteiger charge is -2.36. The van der Waals surface area contributed by atoms with Crippen molar-refractivity contribution in [3.05, 3.63) is 17.6 Å². The molecule has 1 aromatic heterocycles. The first kappa shape index (κ1) is 16.5. The summed E-state index contributed by atoms with van der Waals surface area (Å²) in [5.74, 6) is -1.09. The van der Waals surface area contributed by atoms with Crippen LogP contribution in [-0.4, -0.2) is 46.4 Å². The van der Waals surface area contributed by atoms with Crippen molar-refractivity contribution in [2.45, 2.75) is 56.5 Å². The fourth-order valence-electron chi connectivity index (χ4n) is 3.17. The molecule has 5 nitrogen and oxygen atoms in total. The molecular weight excluding hydrogens is 304 g/mol. The number of halogens is 2. The normalized spacial score (nSPS) is 26.2. The fraction of sp³-hybridized carbons (Fsp3) is 0.750. The number of anilines is 1. The third kappa shape index (κ3) is 4.14. The summed E-state index contributed by atoms with van der Waals surface area (Å²) in [6.07, 6.45) is 0.604. The smallest absolute Gasteiger partial charge is 0.248 e. The summed E-state index contributed by atoms with van der Waals surface area (Å²) >= 11 is 0. The molecule has 1 aromatic rings. The lowest BCUT2D eigenvalue weighted by Crippen LogP contribution is -2.43. The van der Waals surface area contributed by atoms with Crippen LogP contribution >= 0.6 is 0 Å². The first-order chi connectivity index (χ1) is 10.9. The maximum atomic E-state index is 13.2. The van der Waals surface area contributed by atoms with Crippen LogP contribution in [0.2, 0.25) is 0 Å². The van der Waals surface area contributed by atoms with E-state index in [1.165, 1.54) is 0 Å². The van der Waals surface area contributed by atoms with Crippen LogP contribution in [0.15, 0.2) is 6.07 Å². The Hall–Kier alpha value is -1.34. The maximum absolute atomic E-state index is 13.2. The van der Waals surface area contributed by atoms with E-state index in [0.717, 1.165) is 18.7 Å². The Bertz CT molecular complexity index is 552. The van der Waals surface area contributed by atoms with Crippen LogP contribution in [0.3, 0.4) is 0 Å². The third-order valence-corrected chi connectivity index (χ3v) is 4.72. The van der Waals surface area contributed by atoms with E-state index < -0.39 is 11.5 Å². The van der Waals surface area contributed by atoms with Crippen LogP contribution in [0.5, 0.6) is 0 Å². The Kier molecular flexibility index (Phi) is 4.51. The Morgan fingerprint density at radius 3 is 2.70 bits per heavy atom. The van der Waals surface area contributed by atoms with Crippen molar-refractivity contribution in [1.29, 1.82) is 0 Å². The van der Waals surface area contributed by atoms with Crippen LogP contribution in [0.25, 0.3) is 0 Å². The van der Waals surface area contributed by atoms with Crippen molar-refractivity contribution in [1.82, 2.24) is 9.97 Å². The SMILES string of the molecule is Cc1nc(NCC2(O)CCC(F)(F)CC2)cc([C@H]2CCOC2)n1. The average Bonchev–Trinajstić information content (AvgIpc) is 3.03. The van der Waals surface area contributed by atoms with Gasteiger partial charge in [-0.3, -0.25) is 0 Å². The lowest BCUT2D eigenvalue weighted by atomic mass is 9.83. The van der Waals surface area contributed by atoms with Crippen molar-refractivity contribution >= 4 is 5.82 Å². The largest absolute Gasteiger partial charge is 0.388 e. The standard InChI is InChI=1S/C16H23F2N3O2/c1-11-20-13(12-2-7-23-9-12)8-14(21-11)19-10-15(22)3-5-16(17,18)6-4-15/h8,12,22H,2-7,9-10H2,1H3,(H,19,20,21)/t12-/m0/s1. The van der Waals surface area contributed by atoms with Crippen LogP contribution in [0, 0.1) is 6.92 Å². The van der Waals surface area contributed by atoms with Crippen LogP contribution < -0.4 is 5.32 Å². The number of rotatable bonds is 4. The number of nitrogens with one attached hydrogen (secondary N) is 1. The Morgan fingerprint density at radius 1 is 1.30 bits per heavy atom. The molecule has 23 heavy (non-hydrogen) atoms. The monoisotopic (exact) mass is 327 g/mol. The molecule has 2 aliphatic rings. The molecule has 1 aliphatic carbocycles. The highest BCUT2D eigenvalue weighted by atomic mass is 19.3. The van der Waals surface area contributed by atoms with E-state index in [0.29, 0.717) is 18.2 Å². The summed E-state index contributed by atoms with van der Waals surface area (Å²) in [5.41, 5.74) is -0.170. The van der Waals surface area contributed by atoms with Gasteiger partial charge in [0.2, 0.25) is 5.92 Å². The van der Waals surface area contributed by atoms with Gasteiger partial charge in [0.05, 0.1) is 17.9 Å². The third-order valence-electron chi connectivity index (χ3n) is 4.72. The quantitative estimate of drug-likeness (QED) is 0.890. The number of hydrogen-bond acceptors (Lipinski definition) is 5. The van der Waals surface area contributed by atoms with Gasteiger partial charge in [-0.2, -0.15) is 0 Å². The minimum atomic E-state index is -2.65. The van der Waals surface area contributed by atoms with Crippen LogP contribution in [0.4, 0.5) is 14.6 Å². The number of alkyl halides is 2. The van der Waals surface area contributed by atoms with Crippen LogP contribution in [0.1, 0.15) is 49.5 Å². The minimum Gasteiger partial charge on any atom is -0.388 e. The highest BCUT2D eigenvalue weighted by Crippen LogP contribution is 2.38.